The Morgan fingerprint density at radius 3 is 1.06 bits per heavy atom. The van der Waals surface area contributed by atoms with Gasteiger partial charge in [0.2, 0.25) is 0 Å². The molecule has 6 nitrogen and oxygen atoms in total. The van der Waals surface area contributed by atoms with E-state index in [4.69, 9.17) is 0 Å². The minimum atomic E-state index is 0.153. The van der Waals surface area contributed by atoms with Crippen LogP contribution in [0.3, 0.4) is 0 Å². The number of hydrogen-bond donors (Lipinski definition) is 0. The van der Waals surface area contributed by atoms with Crippen molar-refractivity contribution < 1.29 is 0 Å². The van der Waals surface area contributed by atoms with Gasteiger partial charge in [-0.1, -0.05) is 170 Å². The van der Waals surface area contributed by atoms with Crippen molar-refractivity contribution in [3.63, 3.8) is 0 Å². The summed E-state index contributed by atoms with van der Waals surface area (Å²) in [6, 6.07) is 111. The molecule has 14 aromatic rings. The smallest absolute Gasteiger partial charge is 0.0629 e. The number of anilines is 11. The average Bonchev–Trinajstić information content (AvgIpc) is 3.88. The molecule has 398 valence electrons. The van der Waals surface area contributed by atoms with E-state index in [0.717, 1.165) is 73.6 Å². The van der Waals surface area contributed by atoms with Gasteiger partial charge in [0.25, 0.3) is 0 Å². The van der Waals surface area contributed by atoms with Crippen molar-refractivity contribution in [3.8, 4) is 11.4 Å². The summed E-state index contributed by atoms with van der Waals surface area (Å²) in [5.41, 5.74) is 19.9. The van der Waals surface area contributed by atoms with Crippen LogP contribution >= 0.6 is 0 Å². The minimum absolute atomic E-state index is 0.153. The van der Waals surface area contributed by atoms with Crippen LogP contribution in [0.1, 0.15) is 11.5 Å². The molecule has 0 radical (unpaired) electrons. The van der Waals surface area contributed by atoms with Crippen LogP contribution in [0.4, 0.5) is 62.6 Å². The van der Waals surface area contributed by atoms with Gasteiger partial charge in [-0.2, -0.15) is 0 Å². The molecule has 2 aromatic heterocycles. The molecule has 0 N–H and O–H groups in total. The monoisotopic (exact) mass is 1080 g/mol. The van der Waals surface area contributed by atoms with E-state index >= 15 is 0 Å². The van der Waals surface area contributed by atoms with Crippen LogP contribution in [0.5, 0.6) is 0 Å². The number of nitrogens with zero attached hydrogens (tertiary/aromatic N) is 6. The number of rotatable bonds is 12. The standard InChI is InChI=1S/C78H56N6/c1-7-25-55(26-8-1)79(61-43-46-76-70(52-61)67-37-19-22-40-73(67)82(76)58-31-13-4-14-32-58)64-49-65(80(56-27-9-2-10-28-56)62-44-47-77-71(53-62)68-38-20-23-41-74(68)83(77)59-33-15-5-16-34-59)51-66(50-64)81(57-29-11-3-12-30-57)63-45-48-78-72(54-63)69-39-21-24-42-75(69)84(78)60-35-17-6-18-36-60/h1-54,67,73H. The lowest BCUT2D eigenvalue weighted by molar-refractivity contribution is 0.745. The largest absolute Gasteiger partial charge is 0.333 e. The summed E-state index contributed by atoms with van der Waals surface area (Å²) in [6.07, 6.45) is 9.13. The van der Waals surface area contributed by atoms with Crippen LogP contribution in [-0.2, 0) is 0 Å². The summed E-state index contributed by atoms with van der Waals surface area (Å²) in [7, 11) is 0. The van der Waals surface area contributed by atoms with Gasteiger partial charge < -0.3 is 28.7 Å². The van der Waals surface area contributed by atoms with Gasteiger partial charge in [-0.05, 0) is 163 Å². The maximum absolute atomic E-state index is 2.51. The Balaban J connectivity index is 0.955. The first kappa shape index (κ1) is 48.8. The van der Waals surface area contributed by atoms with E-state index in [1.807, 2.05) is 0 Å². The molecule has 0 spiro atoms. The van der Waals surface area contributed by atoms with Crippen molar-refractivity contribution in [2.45, 2.75) is 12.0 Å². The van der Waals surface area contributed by atoms with E-state index in [1.165, 1.54) is 49.5 Å². The maximum Gasteiger partial charge on any atom is 0.0629 e. The molecule has 2 unspecified atom stereocenters. The number of allylic oxidation sites excluding steroid dienone is 2. The van der Waals surface area contributed by atoms with Crippen molar-refractivity contribution in [2.75, 3.05) is 19.6 Å². The van der Waals surface area contributed by atoms with E-state index in [-0.39, 0.29) is 12.0 Å². The summed E-state index contributed by atoms with van der Waals surface area (Å²) >= 11 is 0. The summed E-state index contributed by atoms with van der Waals surface area (Å²) in [5, 5.41) is 4.75. The van der Waals surface area contributed by atoms with Gasteiger partial charge in [0.15, 0.2) is 0 Å². The van der Waals surface area contributed by atoms with Crippen molar-refractivity contribution >= 4 is 106 Å². The predicted molar refractivity (Wildman–Crippen MR) is 353 cm³/mol. The second-order valence-electron chi connectivity index (χ2n) is 21.7. The zero-order valence-electron chi connectivity index (χ0n) is 46.0. The predicted octanol–water partition coefficient (Wildman–Crippen LogP) is 21.0. The first-order valence-electron chi connectivity index (χ1n) is 28.9. The highest BCUT2D eigenvalue weighted by Crippen LogP contribution is 2.52. The number of para-hydroxylation sites is 8. The highest BCUT2D eigenvalue weighted by Gasteiger charge is 2.38. The third-order valence-electron chi connectivity index (χ3n) is 16.9. The van der Waals surface area contributed by atoms with Crippen LogP contribution in [0.2, 0.25) is 0 Å². The highest BCUT2D eigenvalue weighted by atomic mass is 15.2. The molecule has 3 heterocycles. The van der Waals surface area contributed by atoms with E-state index in [1.54, 1.807) is 0 Å². The fraction of sp³-hybridized carbons (Fsp3) is 0.0256. The van der Waals surface area contributed by atoms with Crippen molar-refractivity contribution in [3.05, 3.63) is 333 Å². The van der Waals surface area contributed by atoms with Crippen LogP contribution in [-0.4, -0.2) is 15.2 Å². The number of hydrogen-bond acceptors (Lipinski definition) is 4. The average molecular weight is 1080 g/mol. The first-order chi connectivity index (χ1) is 41.7. The molecule has 2 aliphatic rings. The van der Waals surface area contributed by atoms with Crippen LogP contribution in [0.15, 0.2) is 328 Å². The molecular formula is C78H56N6. The third-order valence-corrected chi connectivity index (χ3v) is 16.9. The molecule has 16 rings (SSSR count). The molecule has 0 amide bonds. The van der Waals surface area contributed by atoms with E-state index < -0.39 is 0 Å². The Morgan fingerprint density at radius 2 is 0.607 bits per heavy atom. The Labute approximate surface area is 488 Å². The van der Waals surface area contributed by atoms with E-state index in [0.29, 0.717) is 0 Å². The highest BCUT2D eigenvalue weighted by molar-refractivity contribution is 6.12. The summed E-state index contributed by atoms with van der Waals surface area (Å²) < 4.78 is 4.78. The molecule has 84 heavy (non-hydrogen) atoms. The SMILES string of the molecule is C1=CC2c3cc(N(c4ccccc4)c4cc(N(c5ccccc5)c5ccc6c(c5)c5ccccc5n6-c5ccccc5)cc(N(c5ccccc5)c5ccc6c(c5)c5ccccc5n6-c5ccccc5)c4)ccc3N(c3ccccc3)C2C=C1. The van der Waals surface area contributed by atoms with Crippen LogP contribution in [0, 0.1) is 0 Å². The lowest BCUT2D eigenvalue weighted by Gasteiger charge is -2.33. The summed E-state index contributed by atoms with van der Waals surface area (Å²) in [6.45, 7) is 0. The first-order valence-corrected chi connectivity index (χ1v) is 28.9. The normalized spacial score (nSPS) is 14.3. The lowest BCUT2D eigenvalue weighted by Crippen LogP contribution is -2.28. The summed E-state index contributed by atoms with van der Waals surface area (Å²) in [5.74, 6) is 0.164. The topological polar surface area (TPSA) is 22.8 Å². The van der Waals surface area contributed by atoms with E-state index in [2.05, 4.69) is 356 Å². The second kappa shape index (κ2) is 20.5. The molecule has 12 aromatic carbocycles. The maximum atomic E-state index is 2.51. The van der Waals surface area contributed by atoms with Gasteiger partial charge in [-0.3, -0.25) is 0 Å². The lowest BCUT2D eigenvalue weighted by atomic mass is 9.91. The van der Waals surface area contributed by atoms with Gasteiger partial charge in [0, 0.05) is 84.3 Å². The van der Waals surface area contributed by atoms with Gasteiger partial charge in [-0.25, -0.2) is 0 Å². The molecule has 1 aliphatic heterocycles. The quantitative estimate of drug-likeness (QED) is 0.122. The van der Waals surface area contributed by atoms with Crippen LogP contribution < -0.4 is 19.6 Å². The van der Waals surface area contributed by atoms with Gasteiger partial charge in [0.1, 0.15) is 0 Å². The zero-order valence-corrected chi connectivity index (χ0v) is 46.0. The van der Waals surface area contributed by atoms with Crippen molar-refractivity contribution in [1.82, 2.24) is 9.13 Å². The second-order valence-corrected chi connectivity index (χ2v) is 21.7. The Kier molecular flexibility index (Phi) is 11.9. The summed E-state index contributed by atoms with van der Waals surface area (Å²) in [4.78, 5) is 9.84. The molecule has 0 fully saturated rings. The molecule has 0 bridgehead atoms. The Hall–Kier alpha value is -11.1. The fourth-order valence-corrected chi connectivity index (χ4v) is 13.3. The molecule has 0 saturated heterocycles. The van der Waals surface area contributed by atoms with Crippen molar-refractivity contribution in [1.29, 1.82) is 0 Å². The number of aromatic nitrogens is 2. The van der Waals surface area contributed by atoms with Gasteiger partial charge >= 0.3 is 0 Å². The van der Waals surface area contributed by atoms with Gasteiger partial charge in [0.05, 0.1) is 45.2 Å². The van der Waals surface area contributed by atoms with Crippen molar-refractivity contribution in [2.24, 2.45) is 0 Å². The number of benzene rings is 12. The molecule has 1 aliphatic carbocycles. The van der Waals surface area contributed by atoms with E-state index in [9.17, 15) is 0 Å². The zero-order chi connectivity index (χ0) is 55.5. The molecule has 6 heteroatoms. The number of fused-ring (bicyclic) bond motifs is 9. The molecule has 2 atom stereocenters. The Morgan fingerprint density at radius 1 is 0.250 bits per heavy atom. The third kappa shape index (κ3) is 8.26. The molecular weight excluding hydrogens is 1020 g/mol. The molecule has 0 saturated carbocycles. The van der Waals surface area contributed by atoms with Crippen LogP contribution in [0.25, 0.3) is 55.0 Å². The Bertz CT molecular complexity index is 4580. The minimum Gasteiger partial charge on any atom is -0.333 e. The van der Waals surface area contributed by atoms with Gasteiger partial charge in [-0.15, -0.1) is 0 Å². The fourth-order valence-electron chi connectivity index (χ4n) is 13.3.